The second kappa shape index (κ2) is 6.43. The van der Waals surface area contributed by atoms with Crippen LogP contribution in [0.2, 0.25) is 0 Å². The number of ether oxygens (including phenoxy) is 1. The van der Waals surface area contributed by atoms with Crippen molar-refractivity contribution in [2.75, 3.05) is 20.3 Å². The van der Waals surface area contributed by atoms with Gasteiger partial charge in [-0.05, 0) is 6.42 Å². The van der Waals surface area contributed by atoms with Crippen LogP contribution in [0.5, 0.6) is 0 Å². The first kappa shape index (κ1) is 7.43. The van der Waals surface area contributed by atoms with Crippen LogP contribution in [0.3, 0.4) is 0 Å². The summed E-state index contributed by atoms with van der Waals surface area (Å²) in [6, 6.07) is 0. The molecule has 0 aromatic carbocycles. The smallest absolute Gasteiger partial charge is 0.309 e. The van der Waals surface area contributed by atoms with Crippen LogP contribution in [0, 0.1) is 0 Å². The van der Waals surface area contributed by atoms with Gasteiger partial charge in [-0.1, -0.05) is 0 Å². The minimum atomic E-state index is 0.650. The molecule has 0 aromatic rings. The van der Waals surface area contributed by atoms with E-state index < -0.39 is 0 Å². The molecule has 0 aliphatic heterocycles. The molecule has 0 fully saturated rings. The van der Waals surface area contributed by atoms with Crippen molar-refractivity contribution in [3.8, 4) is 0 Å². The van der Waals surface area contributed by atoms with Gasteiger partial charge in [-0.2, -0.15) is 0 Å². The highest BCUT2D eigenvalue weighted by atomic mass is 16.5. The number of carbonyl (C=O) groups excluding carboxylic acids is 1. The second-order valence-electron chi connectivity index (χ2n) is 1.38. The Morgan fingerprint density at radius 1 is 1.75 bits per heavy atom. The molecule has 8 heavy (non-hydrogen) atoms. The average Bonchev–Trinajstić information content (AvgIpc) is 1.81. The highest BCUT2D eigenvalue weighted by Gasteiger charge is 1.81. The maximum atomic E-state index is 9.49. The van der Waals surface area contributed by atoms with E-state index in [1.54, 1.807) is 13.5 Å². The molecular weight excluding hydrogens is 106 g/mol. The van der Waals surface area contributed by atoms with Crippen molar-refractivity contribution in [3.05, 3.63) is 0 Å². The van der Waals surface area contributed by atoms with E-state index in [9.17, 15) is 4.79 Å². The van der Waals surface area contributed by atoms with Gasteiger partial charge in [-0.25, -0.2) is 0 Å². The average molecular weight is 116 g/mol. The van der Waals surface area contributed by atoms with Crippen molar-refractivity contribution in [3.63, 3.8) is 0 Å². The number of hydrogen-bond acceptors (Lipinski definition) is 2. The first-order valence-corrected chi connectivity index (χ1v) is 2.50. The van der Waals surface area contributed by atoms with Crippen molar-refractivity contribution in [1.29, 1.82) is 0 Å². The second-order valence-corrected chi connectivity index (χ2v) is 1.38. The van der Waals surface area contributed by atoms with Crippen LogP contribution < -0.4 is 5.32 Å². The predicted octanol–water partition coefficient (Wildman–Crippen LogP) is -0.320. The number of hydrogen-bond donors (Lipinski definition) is 1. The van der Waals surface area contributed by atoms with Crippen molar-refractivity contribution in [2.45, 2.75) is 6.42 Å². The van der Waals surface area contributed by atoms with Crippen molar-refractivity contribution >= 4 is 6.41 Å². The van der Waals surface area contributed by atoms with E-state index in [1.807, 2.05) is 0 Å². The molecule has 1 N–H and O–H groups in total. The molecule has 0 heterocycles. The molecule has 3 nitrogen and oxygen atoms in total. The van der Waals surface area contributed by atoms with Gasteiger partial charge >= 0.3 is 6.41 Å². The van der Waals surface area contributed by atoms with Crippen LogP contribution in [0.25, 0.3) is 0 Å². The lowest BCUT2D eigenvalue weighted by molar-refractivity contribution is 0.195. The topological polar surface area (TPSA) is 38.3 Å². The highest BCUT2D eigenvalue weighted by molar-refractivity contribution is 5.46. The first-order valence-electron chi connectivity index (χ1n) is 2.50. The van der Waals surface area contributed by atoms with Crippen LogP contribution >= 0.6 is 0 Å². The Balaban J connectivity index is 2.62. The summed E-state index contributed by atoms with van der Waals surface area (Å²) in [7, 11) is 1.63. The third-order valence-electron chi connectivity index (χ3n) is 0.722. The Hall–Kier alpha value is -0.570. The van der Waals surface area contributed by atoms with Crippen molar-refractivity contribution in [2.24, 2.45) is 0 Å². The van der Waals surface area contributed by atoms with E-state index in [2.05, 4.69) is 5.32 Å². The van der Waals surface area contributed by atoms with E-state index in [4.69, 9.17) is 4.74 Å². The Morgan fingerprint density at radius 2 is 2.50 bits per heavy atom. The van der Waals surface area contributed by atoms with Crippen LogP contribution in [0.15, 0.2) is 0 Å². The molecule has 0 spiro atoms. The third kappa shape index (κ3) is 5.43. The van der Waals surface area contributed by atoms with E-state index in [1.165, 1.54) is 0 Å². The SMILES string of the molecule is COCCCN[C]=O. The molecule has 47 valence electrons. The summed E-state index contributed by atoms with van der Waals surface area (Å²) in [5.74, 6) is 0. The fraction of sp³-hybridized carbons (Fsp3) is 0.800. The lowest BCUT2D eigenvalue weighted by atomic mass is 10.5. The van der Waals surface area contributed by atoms with Gasteiger partial charge in [-0.15, -0.1) is 0 Å². The summed E-state index contributed by atoms with van der Waals surface area (Å²) in [5, 5.41) is 2.40. The van der Waals surface area contributed by atoms with E-state index in [-0.39, 0.29) is 0 Å². The Bertz CT molecular complexity index is 56.4. The van der Waals surface area contributed by atoms with Gasteiger partial charge < -0.3 is 10.1 Å². The van der Waals surface area contributed by atoms with Crippen LogP contribution in [-0.4, -0.2) is 26.7 Å². The number of nitrogens with one attached hydrogen (secondary N) is 1. The summed E-state index contributed by atoms with van der Waals surface area (Å²) in [6.45, 7) is 1.34. The van der Waals surface area contributed by atoms with E-state index in [0.29, 0.717) is 13.2 Å². The molecule has 0 atom stereocenters. The summed E-state index contributed by atoms with van der Waals surface area (Å²) < 4.78 is 4.72. The Kier molecular flexibility index (Phi) is 5.97. The molecule has 0 aliphatic rings. The maximum Gasteiger partial charge on any atom is 0.309 e. The van der Waals surface area contributed by atoms with Gasteiger partial charge in [0.25, 0.3) is 0 Å². The fourth-order valence-corrected chi connectivity index (χ4v) is 0.356. The molecule has 0 aromatic heterocycles. The minimum Gasteiger partial charge on any atom is -0.385 e. The quantitative estimate of drug-likeness (QED) is 0.395. The van der Waals surface area contributed by atoms with Crippen LogP contribution in [-0.2, 0) is 9.53 Å². The molecule has 0 saturated heterocycles. The third-order valence-corrected chi connectivity index (χ3v) is 0.722. The van der Waals surface area contributed by atoms with Crippen molar-refractivity contribution in [1.82, 2.24) is 5.32 Å². The molecule has 0 unspecified atom stereocenters. The number of methoxy groups -OCH3 is 1. The normalized spacial score (nSPS) is 8.62. The molecule has 1 amide bonds. The summed E-state index contributed by atoms with van der Waals surface area (Å²) in [6.07, 6.45) is 2.42. The lowest BCUT2D eigenvalue weighted by Gasteiger charge is -1.94. The molecule has 0 bridgehead atoms. The summed E-state index contributed by atoms with van der Waals surface area (Å²) in [5.41, 5.74) is 0. The molecular formula is C5H10NO2. The van der Waals surface area contributed by atoms with Gasteiger partial charge in [-0.3, -0.25) is 4.79 Å². The van der Waals surface area contributed by atoms with Gasteiger partial charge in [0.15, 0.2) is 0 Å². The molecule has 0 saturated carbocycles. The largest absolute Gasteiger partial charge is 0.385 e. The number of rotatable bonds is 5. The van der Waals surface area contributed by atoms with Gasteiger partial charge in [0, 0.05) is 20.3 Å². The van der Waals surface area contributed by atoms with E-state index >= 15 is 0 Å². The van der Waals surface area contributed by atoms with Crippen LogP contribution in [0.1, 0.15) is 6.42 Å². The zero-order chi connectivity index (χ0) is 6.24. The fourth-order valence-electron chi connectivity index (χ4n) is 0.356. The van der Waals surface area contributed by atoms with Gasteiger partial charge in [0.05, 0.1) is 0 Å². The molecule has 0 aliphatic carbocycles. The van der Waals surface area contributed by atoms with Gasteiger partial charge in [0.1, 0.15) is 0 Å². The zero-order valence-corrected chi connectivity index (χ0v) is 4.94. The molecule has 0 rings (SSSR count). The number of amides is 1. The Morgan fingerprint density at radius 3 is 3.00 bits per heavy atom. The minimum absolute atomic E-state index is 0.650. The Labute approximate surface area is 49.0 Å². The van der Waals surface area contributed by atoms with Crippen LogP contribution in [0.4, 0.5) is 0 Å². The molecule has 1 radical (unpaired) electrons. The van der Waals surface area contributed by atoms with E-state index in [0.717, 1.165) is 6.42 Å². The van der Waals surface area contributed by atoms with Gasteiger partial charge in [0.2, 0.25) is 0 Å². The predicted molar refractivity (Wildman–Crippen MR) is 30.2 cm³/mol. The molecule has 3 heteroatoms. The monoisotopic (exact) mass is 116 g/mol. The highest BCUT2D eigenvalue weighted by Crippen LogP contribution is 1.73. The maximum absolute atomic E-state index is 9.49. The first-order chi connectivity index (χ1) is 3.91. The van der Waals surface area contributed by atoms with Crippen molar-refractivity contribution < 1.29 is 9.53 Å². The lowest BCUT2D eigenvalue weighted by Crippen LogP contribution is -2.13. The summed E-state index contributed by atoms with van der Waals surface area (Å²) in [4.78, 5) is 9.49. The standard InChI is InChI=1S/C5H10NO2/c1-8-4-2-3-6-5-7/h2-4H2,1H3,(H,6,7). The zero-order valence-electron chi connectivity index (χ0n) is 4.94. The summed E-state index contributed by atoms with van der Waals surface area (Å²) >= 11 is 0.